The van der Waals surface area contributed by atoms with Crippen molar-refractivity contribution in [1.82, 2.24) is 20.4 Å². The number of hydrogen-bond acceptors (Lipinski definition) is 4. The molecule has 3 aromatic carbocycles. The van der Waals surface area contributed by atoms with E-state index in [2.05, 4.69) is 34.8 Å². The van der Waals surface area contributed by atoms with Crippen molar-refractivity contribution in [2.24, 2.45) is 7.05 Å². The first-order valence-corrected chi connectivity index (χ1v) is 11.4. The van der Waals surface area contributed by atoms with E-state index in [1.54, 1.807) is 0 Å². The Labute approximate surface area is 193 Å². The number of carbonyl (C=O) groups is 1. The molecule has 0 unspecified atom stereocenters. The van der Waals surface area contributed by atoms with Crippen LogP contribution in [0.4, 0.5) is 0 Å². The molecule has 33 heavy (non-hydrogen) atoms. The average Bonchev–Trinajstić information content (AvgIpc) is 3.08. The Hall–Kier alpha value is -3.64. The highest BCUT2D eigenvalue weighted by Crippen LogP contribution is 2.31. The van der Waals surface area contributed by atoms with E-state index in [0.29, 0.717) is 0 Å². The van der Waals surface area contributed by atoms with Crippen molar-refractivity contribution >= 4 is 16.8 Å². The fraction of sp³-hybridized carbons (Fsp3) is 0.259. The molecule has 0 bridgehead atoms. The van der Waals surface area contributed by atoms with Gasteiger partial charge in [0.2, 0.25) is 0 Å². The van der Waals surface area contributed by atoms with Gasteiger partial charge in [-0.25, -0.2) is 0 Å². The lowest BCUT2D eigenvalue weighted by Crippen LogP contribution is -2.57. The van der Waals surface area contributed by atoms with Gasteiger partial charge in [0, 0.05) is 37.2 Å². The third-order valence-electron chi connectivity index (χ3n) is 6.26. The molecule has 2 heterocycles. The van der Waals surface area contributed by atoms with Crippen LogP contribution in [0.2, 0.25) is 0 Å². The lowest BCUT2D eigenvalue weighted by Gasteiger charge is -2.28. The van der Waals surface area contributed by atoms with E-state index in [0.717, 1.165) is 69.9 Å². The van der Waals surface area contributed by atoms with Gasteiger partial charge in [-0.3, -0.25) is 9.48 Å². The first-order chi connectivity index (χ1) is 16.0. The van der Waals surface area contributed by atoms with Crippen molar-refractivity contribution in [2.75, 3.05) is 13.1 Å². The first-order valence-electron chi connectivity index (χ1n) is 11.4. The van der Waals surface area contributed by atoms with Gasteiger partial charge >= 0.3 is 0 Å². The summed E-state index contributed by atoms with van der Waals surface area (Å²) < 4.78 is 8.06. The Morgan fingerprint density at radius 3 is 2.64 bits per heavy atom. The van der Waals surface area contributed by atoms with Gasteiger partial charge in [0.1, 0.15) is 11.5 Å². The van der Waals surface area contributed by atoms with Gasteiger partial charge in [0.25, 0.3) is 5.91 Å². The summed E-state index contributed by atoms with van der Waals surface area (Å²) in [5.41, 5.74) is 5.96. The van der Waals surface area contributed by atoms with Crippen LogP contribution in [0, 0.1) is 6.92 Å². The average molecular weight is 441 g/mol. The summed E-state index contributed by atoms with van der Waals surface area (Å²) in [6.07, 6.45) is 0.791. The van der Waals surface area contributed by atoms with Gasteiger partial charge in [-0.1, -0.05) is 31.2 Å². The molecule has 1 saturated heterocycles. The Kier molecular flexibility index (Phi) is 5.60. The number of fused-ring (bicyclic) bond motifs is 1. The maximum atomic E-state index is 12.7. The van der Waals surface area contributed by atoms with E-state index >= 15 is 0 Å². The second-order valence-electron chi connectivity index (χ2n) is 8.57. The highest BCUT2D eigenvalue weighted by Gasteiger charge is 2.21. The first kappa shape index (κ1) is 21.2. The van der Waals surface area contributed by atoms with Gasteiger partial charge in [0.05, 0.1) is 17.3 Å². The summed E-state index contributed by atoms with van der Waals surface area (Å²) in [5, 5.41) is 11.9. The molecule has 0 aliphatic carbocycles. The third kappa shape index (κ3) is 4.22. The van der Waals surface area contributed by atoms with Gasteiger partial charge in [-0.15, -0.1) is 0 Å². The van der Waals surface area contributed by atoms with Crippen molar-refractivity contribution in [2.45, 2.75) is 26.3 Å². The van der Waals surface area contributed by atoms with Crippen LogP contribution in [-0.2, 0) is 13.5 Å². The van der Waals surface area contributed by atoms with Gasteiger partial charge in [0.15, 0.2) is 0 Å². The number of aromatic nitrogens is 2. The van der Waals surface area contributed by atoms with Gasteiger partial charge in [-0.2, -0.15) is 5.10 Å². The van der Waals surface area contributed by atoms with Crippen molar-refractivity contribution in [3.8, 4) is 22.6 Å². The zero-order chi connectivity index (χ0) is 22.9. The van der Waals surface area contributed by atoms with Crippen LogP contribution >= 0.6 is 0 Å². The number of benzene rings is 3. The summed E-state index contributed by atoms with van der Waals surface area (Å²) in [7, 11) is 1.94. The van der Waals surface area contributed by atoms with Crippen LogP contribution in [0.25, 0.3) is 22.0 Å². The smallest absolute Gasteiger partial charge is 0.251 e. The molecule has 4 aromatic rings. The SMILES string of the molecule is CCc1cc(-c2cccc(Oc3ccc4c(C)nn(C)c4c3)c2)ccc1C(=O)NC1CNC1. The molecule has 6 heteroatoms. The zero-order valence-electron chi connectivity index (χ0n) is 19.2. The molecule has 6 nitrogen and oxygen atoms in total. The Morgan fingerprint density at radius 2 is 1.88 bits per heavy atom. The van der Waals surface area contributed by atoms with Crippen LogP contribution in [0.5, 0.6) is 11.5 Å². The predicted molar refractivity (Wildman–Crippen MR) is 131 cm³/mol. The fourth-order valence-electron chi connectivity index (χ4n) is 4.30. The fourth-order valence-corrected chi connectivity index (χ4v) is 4.30. The van der Waals surface area contributed by atoms with Crippen LogP contribution in [-0.4, -0.2) is 34.8 Å². The summed E-state index contributed by atoms with van der Waals surface area (Å²) in [6, 6.07) is 20.4. The summed E-state index contributed by atoms with van der Waals surface area (Å²) >= 11 is 0. The van der Waals surface area contributed by atoms with Gasteiger partial charge < -0.3 is 15.4 Å². The maximum Gasteiger partial charge on any atom is 0.251 e. The van der Waals surface area contributed by atoms with Crippen LogP contribution in [0.1, 0.15) is 28.5 Å². The Balaban J connectivity index is 1.39. The molecule has 0 spiro atoms. The molecule has 1 fully saturated rings. The van der Waals surface area contributed by atoms with Crippen molar-refractivity contribution in [3.63, 3.8) is 0 Å². The van der Waals surface area contributed by atoms with Crippen LogP contribution in [0.3, 0.4) is 0 Å². The van der Waals surface area contributed by atoms with Crippen LogP contribution < -0.4 is 15.4 Å². The van der Waals surface area contributed by atoms with E-state index in [4.69, 9.17) is 4.74 Å². The Bertz CT molecular complexity index is 1340. The molecular formula is C27H28N4O2. The predicted octanol–water partition coefficient (Wildman–Crippen LogP) is 4.61. The number of nitrogens with one attached hydrogen (secondary N) is 2. The largest absolute Gasteiger partial charge is 0.457 e. The number of carbonyl (C=O) groups excluding carboxylic acids is 1. The molecule has 0 atom stereocenters. The van der Waals surface area contributed by atoms with Gasteiger partial charge in [-0.05, 0) is 60.4 Å². The highest BCUT2D eigenvalue weighted by molar-refractivity contribution is 5.96. The van der Waals surface area contributed by atoms with E-state index < -0.39 is 0 Å². The molecule has 1 aliphatic heterocycles. The molecule has 5 rings (SSSR count). The number of nitrogens with zero attached hydrogens (tertiary/aromatic N) is 2. The van der Waals surface area contributed by atoms with E-state index in [1.807, 2.05) is 67.2 Å². The monoisotopic (exact) mass is 440 g/mol. The van der Waals surface area contributed by atoms with Crippen LogP contribution in [0.15, 0.2) is 60.7 Å². The molecule has 0 radical (unpaired) electrons. The lowest BCUT2D eigenvalue weighted by molar-refractivity contribution is 0.0923. The van der Waals surface area contributed by atoms with Crippen molar-refractivity contribution < 1.29 is 9.53 Å². The molecule has 1 amide bonds. The minimum Gasteiger partial charge on any atom is -0.457 e. The number of amides is 1. The van der Waals surface area contributed by atoms with Crippen molar-refractivity contribution in [3.05, 3.63) is 77.5 Å². The standard InChI is InChI=1S/C27H28N4O2/c1-4-18-12-20(8-10-25(18)27(32)29-21-15-28-16-21)19-6-5-7-22(13-19)33-23-9-11-24-17(2)30-31(3)26(24)14-23/h5-14,21,28H,4,15-16H2,1-3H3,(H,29,32). The highest BCUT2D eigenvalue weighted by atomic mass is 16.5. The molecule has 1 aromatic heterocycles. The molecule has 168 valence electrons. The summed E-state index contributed by atoms with van der Waals surface area (Å²) in [5.74, 6) is 1.54. The zero-order valence-corrected chi connectivity index (χ0v) is 19.2. The maximum absolute atomic E-state index is 12.7. The number of rotatable bonds is 6. The summed E-state index contributed by atoms with van der Waals surface area (Å²) in [4.78, 5) is 12.7. The topological polar surface area (TPSA) is 68.2 Å². The molecule has 2 N–H and O–H groups in total. The van der Waals surface area contributed by atoms with Crippen molar-refractivity contribution in [1.29, 1.82) is 0 Å². The normalized spacial score (nSPS) is 13.7. The van der Waals surface area contributed by atoms with E-state index in [1.165, 1.54) is 0 Å². The van der Waals surface area contributed by atoms with E-state index in [9.17, 15) is 4.79 Å². The minimum atomic E-state index is 0.00257. The number of ether oxygens (including phenoxy) is 1. The number of hydrogen-bond donors (Lipinski definition) is 2. The quantitative estimate of drug-likeness (QED) is 0.460. The molecular weight excluding hydrogens is 412 g/mol. The minimum absolute atomic E-state index is 0.00257. The molecule has 0 saturated carbocycles. The third-order valence-corrected chi connectivity index (χ3v) is 6.26. The lowest BCUT2D eigenvalue weighted by atomic mass is 9.97. The second kappa shape index (κ2) is 8.71. The number of aryl methyl sites for hydroxylation is 3. The van der Waals surface area contributed by atoms with E-state index in [-0.39, 0.29) is 11.9 Å². The Morgan fingerprint density at radius 1 is 1.09 bits per heavy atom. The molecule has 1 aliphatic rings. The second-order valence-corrected chi connectivity index (χ2v) is 8.57. The summed E-state index contributed by atoms with van der Waals surface area (Å²) in [6.45, 7) is 5.77.